The molecular formula is C20H28N4O2S. The summed E-state index contributed by atoms with van der Waals surface area (Å²) in [6.45, 7) is 10.1. The molecule has 4 rings (SSSR count). The van der Waals surface area contributed by atoms with Crippen molar-refractivity contribution in [3.05, 3.63) is 39.4 Å². The van der Waals surface area contributed by atoms with Gasteiger partial charge < -0.3 is 9.42 Å². The Balaban J connectivity index is 1.29. The third-order valence-electron chi connectivity index (χ3n) is 5.68. The predicted octanol–water partition coefficient (Wildman–Crippen LogP) is 2.70. The van der Waals surface area contributed by atoms with E-state index in [1.165, 1.54) is 10.4 Å². The summed E-state index contributed by atoms with van der Waals surface area (Å²) in [5, 5.41) is 6.12. The van der Waals surface area contributed by atoms with Crippen LogP contribution in [0.5, 0.6) is 0 Å². The van der Waals surface area contributed by atoms with E-state index in [1.807, 2.05) is 24.3 Å². The summed E-state index contributed by atoms with van der Waals surface area (Å²) in [7, 11) is 0. The van der Waals surface area contributed by atoms with Crippen LogP contribution in [0.3, 0.4) is 0 Å². The van der Waals surface area contributed by atoms with Crippen LogP contribution < -0.4 is 0 Å². The van der Waals surface area contributed by atoms with Gasteiger partial charge in [0.05, 0.1) is 24.8 Å². The van der Waals surface area contributed by atoms with E-state index in [2.05, 4.69) is 38.2 Å². The lowest BCUT2D eigenvalue weighted by molar-refractivity contribution is -0.136. The monoisotopic (exact) mass is 388 g/mol. The Labute approximate surface area is 164 Å². The van der Waals surface area contributed by atoms with Crippen LogP contribution in [0.4, 0.5) is 0 Å². The first-order chi connectivity index (χ1) is 13.1. The van der Waals surface area contributed by atoms with Crippen LogP contribution in [0.25, 0.3) is 0 Å². The molecule has 1 fully saturated rings. The average Bonchev–Trinajstić information content (AvgIpc) is 3.31. The molecule has 1 saturated heterocycles. The summed E-state index contributed by atoms with van der Waals surface area (Å²) < 4.78 is 5.32. The molecule has 1 amide bonds. The summed E-state index contributed by atoms with van der Waals surface area (Å²) in [6, 6.07) is 4.46. The van der Waals surface area contributed by atoms with Gasteiger partial charge in [-0.05, 0) is 36.8 Å². The lowest BCUT2D eigenvalue weighted by Crippen LogP contribution is -2.51. The van der Waals surface area contributed by atoms with Gasteiger partial charge in [-0.15, -0.1) is 11.3 Å². The minimum absolute atomic E-state index is 0.253. The fraction of sp³-hybridized carbons (Fsp3) is 0.600. The Hall–Kier alpha value is -1.70. The number of nitrogens with zero attached hydrogens (tertiary/aromatic N) is 4. The molecule has 7 heteroatoms. The number of thiophene rings is 1. The highest BCUT2D eigenvalue weighted by atomic mass is 32.1. The number of hydrogen-bond donors (Lipinski definition) is 0. The summed E-state index contributed by atoms with van der Waals surface area (Å²) in [4.78, 5) is 21.2. The molecule has 0 saturated carbocycles. The zero-order chi connectivity index (χ0) is 18.8. The highest BCUT2D eigenvalue weighted by Crippen LogP contribution is 2.35. The van der Waals surface area contributed by atoms with Gasteiger partial charge in [0.1, 0.15) is 0 Å². The average molecular weight is 389 g/mol. The molecule has 146 valence electrons. The molecule has 2 aromatic rings. The van der Waals surface area contributed by atoms with Crippen molar-refractivity contribution >= 4 is 17.2 Å². The first-order valence-electron chi connectivity index (χ1n) is 9.86. The van der Waals surface area contributed by atoms with Gasteiger partial charge in [-0.1, -0.05) is 12.1 Å². The van der Waals surface area contributed by atoms with Crippen molar-refractivity contribution in [1.29, 1.82) is 0 Å². The number of aryl methyl sites for hydroxylation is 1. The number of aromatic nitrogens is 1. The molecule has 0 aromatic carbocycles. The van der Waals surface area contributed by atoms with Crippen molar-refractivity contribution in [2.24, 2.45) is 0 Å². The Bertz CT molecular complexity index is 779. The fourth-order valence-electron chi connectivity index (χ4n) is 4.23. The topological polar surface area (TPSA) is 52.8 Å². The standard InChI is InChI=1S/C20H28N4O2S/c1-3-18-17-5-11-27-19(17)4-6-24(18)20(25)14-23-9-7-22(8-10-23)13-16-12-15(2)21-26-16/h5,11-12,18H,3-4,6-10,13-14H2,1-2H3. The second-order valence-corrected chi connectivity index (χ2v) is 8.55. The van der Waals surface area contributed by atoms with E-state index in [0.717, 1.165) is 63.6 Å². The van der Waals surface area contributed by atoms with E-state index in [4.69, 9.17) is 4.52 Å². The number of fused-ring (bicyclic) bond motifs is 1. The van der Waals surface area contributed by atoms with E-state index >= 15 is 0 Å². The van der Waals surface area contributed by atoms with Gasteiger partial charge in [0, 0.05) is 43.7 Å². The first-order valence-corrected chi connectivity index (χ1v) is 10.7. The summed E-state index contributed by atoms with van der Waals surface area (Å²) in [5.41, 5.74) is 2.30. The molecule has 0 radical (unpaired) electrons. The van der Waals surface area contributed by atoms with Crippen molar-refractivity contribution in [3.8, 4) is 0 Å². The molecule has 4 heterocycles. The second kappa shape index (κ2) is 8.12. The quantitative estimate of drug-likeness (QED) is 0.788. The van der Waals surface area contributed by atoms with Crippen LogP contribution in [0.15, 0.2) is 22.0 Å². The smallest absolute Gasteiger partial charge is 0.237 e. The first kappa shape index (κ1) is 18.7. The van der Waals surface area contributed by atoms with E-state index in [-0.39, 0.29) is 11.9 Å². The van der Waals surface area contributed by atoms with Crippen molar-refractivity contribution in [2.45, 2.75) is 39.3 Å². The van der Waals surface area contributed by atoms with E-state index in [0.29, 0.717) is 6.54 Å². The van der Waals surface area contributed by atoms with Crippen molar-refractivity contribution in [2.75, 3.05) is 39.3 Å². The molecule has 1 atom stereocenters. The minimum atomic E-state index is 0.253. The Morgan fingerprint density at radius 3 is 2.74 bits per heavy atom. The van der Waals surface area contributed by atoms with Gasteiger partial charge >= 0.3 is 0 Å². The number of amides is 1. The van der Waals surface area contributed by atoms with Crippen LogP contribution in [-0.4, -0.2) is 65.0 Å². The number of piperazine rings is 1. The van der Waals surface area contributed by atoms with Gasteiger partial charge in [-0.2, -0.15) is 0 Å². The number of carbonyl (C=O) groups is 1. The van der Waals surface area contributed by atoms with Crippen LogP contribution in [0.1, 0.15) is 41.3 Å². The second-order valence-electron chi connectivity index (χ2n) is 7.55. The third kappa shape index (κ3) is 4.10. The van der Waals surface area contributed by atoms with Crippen LogP contribution in [0.2, 0.25) is 0 Å². The van der Waals surface area contributed by atoms with Gasteiger partial charge in [-0.25, -0.2) is 0 Å². The molecule has 2 aliphatic rings. The van der Waals surface area contributed by atoms with E-state index in [1.54, 1.807) is 0 Å². The minimum Gasteiger partial charge on any atom is -0.360 e. The molecule has 1 unspecified atom stereocenters. The summed E-state index contributed by atoms with van der Waals surface area (Å²) in [6.07, 6.45) is 1.99. The Morgan fingerprint density at radius 2 is 2.04 bits per heavy atom. The maximum atomic E-state index is 13.0. The van der Waals surface area contributed by atoms with Crippen LogP contribution >= 0.6 is 11.3 Å². The zero-order valence-corrected chi connectivity index (χ0v) is 17.0. The number of carbonyl (C=O) groups excluding carboxylic acids is 1. The number of hydrogen-bond acceptors (Lipinski definition) is 6. The SMILES string of the molecule is CCC1c2ccsc2CCN1C(=O)CN1CCN(Cc2cc(C)no2)CC1. The van der Waals surface area contributed by atoms with E-state index in [9.17, 15) is 4.79 Å². The molecule has 2 aromatic heterocycles. The third-order valence-corrected chi connectivity index (χ3v) is 6.68. The predicted molar refractivity (Wildman–Crippen MR) is 106 cm³/mol. The maximum Gasteiger partial charge on any atom is 0.237 e. The molecule has 0 aliphatic carbocycles. The zero-order valence-electron chi connectivity index (χ0n) is 16.2. The van der Waals surface area contributed by atoms with Gasteiger partial charge in [0.2, 0.25) is 5.91 Å². The highest BCUT2D eigenvalue weighted by Gasteiger charge is 2.31. The molecule has 0 bridgehead atoms. The molecular weight excluding hydrogens is 360 g/mol. The van der Waals surface area contributed by atoms with Gasteiger partial charge in [0.15, 0.2) is 5.76 Å². The molecule has 27 heavy (non-hydrogen) atoms. The lowest BCUT2D eigenvalue weighted by atomic mass is 9.97. The fourth-order valence-corrected chi connectivity index (χ4v) is 5.16. The van der Waals surface area contributed by atoms with Crippen molar-refractivity contribution in [1.82, 2.24) is 19.9 Å². The maximum absolute atomic E-state index is 13.0. The van der Waals surface area contributed by atoms with E-state index < -0.39 is 0 Å². The van der Waals surface area contributed by atoms with Crippen molar-refractivity contribution in [3.63, 3.8) is 0 Å². The van der Waals surface area contributed by atoms with Gasteiger partial charge in [0.25, 0.3) is 0 Å². The Morgan fingerprint density at radius 1 is 1.26 bits per heavy atom. The summed E-state index contributed by atoms with van der Waals surface area (Å²) >= 11 is 1.83. The lowest BCUT2D eigenvalue weighted by Gasteiger charge is -2.38. The highest BCUT2D eigenvalue weighted by molar-refractivity contribution is 7.10. The summed E-state index contributed by atoms with van der Waals surface area (Å²) in [5.74, 6) is 1.20. The largest absolute Gasteiger partial charge is 0.360 e. The van der Waals surface area contributed by atoms with Gasteiger partial charge in [-0.3, -0.25) is 14.6 Å². The Kier molecular flexibility index (Phi) is 5.61. The normalized spacial score (nSPS) is 21.4. The molecule has 0 N–H and O–H groups in total. The van der Waals surface area contributed by atoms with Crippen LogP contribution in [-0.2, 0) is 17.8 Å². The molecule has 0 spiro atoms. The molecule has 2 aliphatic heterocycles. The van der Waals surface area contributed by atoms with Crippen molar-refractivity contribution < 1.29 is 9.32 Å². The molecule has 6 nitrogen and oxygen atoms in total. The van der Waals surface area contributed by atoms with Crippen LogP contribution in [0, 0.1) is 6.92 Å². The number of rotatable bonds is 5.